The van der Waals surface area contributed by atoms with Gasteiger partial charge in [0.15, 0.2) is 0 Å². The van der Waals surface area contributed by atoms with Crippen LogP contribution in [0.1, 0.15) is 13.3 Å². The predicted octanol–water partition coefficient (Wildman–Crippen LogP) is 1.76. The van der Waals surface area contributed by atoms with E-state index in [9.17, 15) is 13.6 Å². The van der Waals surface area contributed by atoms with Gasteiger partial charge in [-0.05, 0) is 6.92 Å². The molecule has 0 aliphatic carbocycles. The summed E-state index contributed by atoms with van der Waals surface area (Å²) >= 11 is 0. The Morgan fingerprint density at radius 1 is 1.60 bits per heavy atom. The number of ether oxygens (including phenoxy) is 1. The van der Waals surface area contributed by atoms with Crippen molar-refractivity contribution >= 4 is 11.7 Å². The lowest BCUT2D eigenvalue weighted by molar-refractivity contribution is -0.136. The fourth-order valence-corrected chi connectivity index (χ4v) is 0.822. The second-order valence-electron chi connectivity index (χ2n) is 2.54. The standard InChI is InChI=1S/C9H13F2NO3/c1-4-6-9(10,11)7(12-14-3)8(13)15-5-2/h4H,1,5-6H2,2-3H3/b12-7+. The fraction of sp³-hybridized carbons (Fsp3) is 0.556. The molecular formula is C9H13F2NO3. The van der Waals surface area contributed by atoms with Crippen LogP contribution in [0.2, 0.25) is 0 Å². The molecule has 86 valence electrons. The van der Waals surface area contributed by atoms with Crippen LogP contribution < -0.4 is 0 Å². The van der Waals surface area contributed by atoms with Crippen LogP contribution in [0.15, 0.2) is 17.8 Å². The molecule has 0 bridgehead atoms. The summed E-state index contributed by atoms with van der Waals surface area (Å²) in [5, 5.41) is 2.98. The van der Waals surface area contributed by atoms with Crippen LogP contribution >= 0.6 is 0 Å². The molecular weight excluding hydrogens is 208 g/mol. The summed E-state index contributed by atoms with van der Waals surface area (Å²) in [5.74, 6) is -4.62. The molecule has 0 rings (SSSR count). The van der Waals surface area contributed by atoms with Gasteiger partial charge in [-0.15, -0.1) is 6.58 Å². The Morgan fingerprint density at radius 2 is 2.20 bits per heavy atom. The zero-order valence-corrected chi connectivity index (χ0v) is 8.63. The first kappa shape index (κ1) is 13.5. The molecule has 0 amide bonds. The second-order valence-corrected chi connectivity index (χ2v) is 2.54. The van der Waals surface area contributed by atoms with Gasteiger partial charge in [0.25, 0.3) is 0 Å². The van der Waals surface area contributed by atoms with Gasteiger partial charge in [-0.1, -0.05) is 11.2 Å². The van der Waals surface area contributed by atoms with Crippen LogP contribution in [0.3, 0.4) is 0 Å². The van der Waals surface area contributed by atoms with Gasteiger partial charge in [-0.3, -0.25) is 0 Å². The number of esters is 1. The van der Waals surface area contributed by atoms with Gasteiger partial charge in [0.2, 0.25) is 5.71 Å². The van der Waals surface area contributed by atoms with Crippen molar-refractivity contribution in [1.82, 2.24) is 0 Å². The third kappa shape index (κ3) is 4.05. The Kier molecular flexibility index (Phi) is 5.51. The molecule has 0 heterocycles. The maximum absolute atomic E-state index is 13.3. The highest BCUT2D eigenvalue weighted by Gasteiger charge is 2.41. The summed E-state index contributed by atoms with van der Waals surface area (Å²) in [7, 11) is 1.07. The van der Waals surface area contributed by atoms with Crippen LogP contribution in [-0.2, 0) is 14.4 Å². The largest absolute Gasteiger partial charge is 0.461 e. The van der Waals surface area contributed by atoms with E-state index >= 15 is 0 Å². The summed E-state index contributed by atoms with van der Waals surface area (Å²) in [6.07, 6.45) is 0.290. The summed E-state index contributed by atoms with van der Waals surface area (Å²) in [5.41, 5.74) is -1.05. The fourth-order valence-electron chi connectivity index (χ4n) is 0.822. The molecule has 4 nitrogen and oxygen atoms in total. The van der Waals surface area contributed by atoms with Crippen molar-refractivity contribution in [3.05, 3.63) is 12.7 Å². The Bertz CT molecular complexity index is 264. The molecule has 0 aliphatic rings. The minimum atomic E-state index is -3.43. The van der Waals surface area contributed by atoms with Crippen LogP contribution in [-0.4, -0.2) is 31.3 Å². The summed E-state index contributed by atoms with van der Waals surface area (Å²) in [4.78, 5) is 15.3. The van der Waals surface area contributed by atoms with Crippen molar-refractivity contribution < 1.29 is 23.1 Å². The number of carbonyl (C=O) groups is 1. The molecule has 0 aromatic heterocycles. The number of hydrogen-bond acceptors (Lipinski definition) is 4. The molecule has 15 heavy (non-hydrogen) atoms. The molecule has 0 aromatic carbocycles. The molecule has 6 heteroatoms. The van der Waals surface area contributed by atoms with Gasteiger partial charge in [-0.25, -0.2) is 4.79 Å². The van der Waals surface area contributed by atoms with E-state index in [2.05, 4.69) is 21.3 Å². The van der Waals surface area contributed by atoms with Crippen molar-refractivity contribution in [2.45, 2.75) is 19.3 Å². The van der Waals surface area contributed by atoms with Gasteiger partial charge in [0.05, 0.1) is 6.61 Å². The molecule has 0 fully saturated rings. The lowest BCUT2D eigenvalue weighted by Gasteiger charge is -2.14. The van der Waals surface area contributed by atoms with E-state index < -0.39 is 24.0 Å². The normalized spacial score (nSPS) is 12.1. The minimum Gasteiger partial charge on any atom is -0.461 e. The summed E-state index contributed by atoms with van der Waals surface area (Å²) in [6.45, 7) is 4.67. The van der Waals surface area contributed by atoms with Crippen molar-refractivity contribution in [3.63, 3.8) is 0 Å². The molecule has 0 saturated heterocycles. The maximum atomic E-state index is 13.3. The Balaban J connectivity index is 4.88. The number of hydrogen-bond donors (Lipinski definition) is 0. The number of rotatable bonds is 6. The third-order valence-corrected chi connectivity index (χ3v) is 1.40. The maximum Gasteiger partial charge on any atom is 0.362 e. The first-order valence-electron chi connectivity index (χ1n) is 4.27. The Labute approximate surface area is 86.5 Å². The van der Waals surface area contributed by atoms with E-state index in [-0.39, 0.29) is 6.61 Å². The number of carbonyl (C=O) groups excluding carboxylic acids is 1. The van der Waals surface area contributed by atoms with E-state index in [0.29, 0.717) is 0 Å². The van der Waals surface area contributed by atoms with Crippen molar-refractivity contribution in [2.75, 3.05) is 13.7 Å². The first-order chi connectivity index (χ1) is 6.99. The SMILES string of the molecule is C=CCC(F)(F)/C(=N/OC)C(=O)OCC. The molecule has 0 spiro atoms. The molecule has 0 saturated carbocycles. The number of oxime groups is 1. The third-order valence-electron chi connectivity index (χ3n) is 1.40. The summed E-state index contributed by atoms with van der Waals surface area (Å²) in [6, 6.07) is 0. The number of halogens is 2. The van der Waals surface area contributed by atoms with Gasteiger partial charge in [-0.2, -0.15) is 8.78 Å². The topological polar surface area (TPSA) is 47.9 Å². The van der Waals surface area contributed by atoms with Crippen LogP contribution in [0.25, 0.3) is 0 Å². The van der Waals surface area contributed by atoms with Crippen LogP contribution in [0.5, 0.6) is 0 Å². The van der Waals surface area contributed by atoms with Crippen molar-refractivity contribution in [1.29, 1.82) is 0 Å². The number of alkyl halides is 2. The highest BCUT2D eigenvalue weighted by Crippen LogP contribution is 2.22. The first-order valence-corrected chi connectivity index (χ1v) is 4.27. The average molecular weight is 221 g/mol. The van der Waals surface area contributed by atoms with Crippen molar-refractivity contribution in [2.24, 2.45) is 5.16 Å². The van der Waals surface area contributed by atoms with E-state index in [4.69, 9.17) is 0 Å². The monoisotopic (exact) mass is 221 g/mol. The smallest absolute Gasteiger partial charge is 0.362 e. The van der Waals surface area contributed by atoms with Crippen molar-refractivity contribution in [3.8, 4) is 0 Å². The Morgan fingerprint density at radius 3 is 2.60 bits per heavy atom. The van der Waals surface area contributed by atoms with Crippen LogP contribution in [0, 0.1) is 0 Å². The highest BCUT2D eigenvalue weighted by molar-refractivity contribution is 6.39. The number of nitrogens with zero attached hydrogens (tertiary/aromatic N) is 1. The Hall–Kier alpha value is -1.46. The van der Waals surface area contributed by atoms with Gasteiger partial charge in [0.1, 0.15) is 7.11 Å². The van der Waals surface area contributed by atoms with E-state index in [1.165, 1.54) is 6.92 Å². The minimum absolute atomic E-state index is 0.00820. The van der Waals surface area contributed by atoms with Gasteiger partial charge in [0, 0.05) is 6.42 Å². The highest BCUT2D eigenvalue weighted by atomic mass is 19.3. The molecule has 0 aliphatic heterocycles. The van der Waals surface area contributed by atoms with Crippen LogP contribution in [0.4, 0.5) is 8.78 Å². The lowest BCUT2D eigenvalue weighted by Crippen LogP contribution is -2.36. The quantitative estimate of drug-likeness (QED) is 0.297. The predicted molar refractivity (Wildman–Crippen MR) is 50.8 cm³/mol. The molecule has 0 N–H and O–H groups in total. The van der Waals surface area contributed by atoms with Gasteiger partial charge >= 0.3 is 11.9 Å². The molecule has 0 unspecified atom stereocenters. The lowest BCUT2D eigenvalue weighted by atomic mass is 10.1. The summed E-state index contributed by atoms with van der Waals surface area (Å²) < 4.78 is 31.0. The van der Waals surface area contributed by atoms with E-state index in [1.807, 2.05) is 0 Å². The van der Waals surface area contributed by atoms with Gasteiger partial charge < -0.3 is 9.57 Å². The zero-order valence-electron chi connectivity index (χ0n) is 8.63. The molecule has 0 aromatic rings. The second kappa shape index (κ2) is 6.10. The average Bonchev–Trinajstić information content (AvgIpc) is 2.14. The zero-order chi connectivity index (χ0) is 11.9. The van der Waals surface area contributed by atoms with E-state index in [0.717, 1.165) is 13.2 Å². The van der Waals surface area contributed by atoms with E-state index in [1.54, 1.807) is 0 Å². The molecule has 0 atom stereocenters. The number of allylic oxidation sites excluding steroid dienone is 1. The molecule has 0 radical (unpaired) electrons.